The van der Waals surface area contributed by atoms with Gasteiger partial charge >= 0.3 is 6.09 Å². The molecule has 0 aliphatic carbocycles. The number of carbonyl (C=O) groups is 1. The Morgan fingerprint density at radius 3 is 2.67 bits per heavy atom. The quantitative estimate of drug-likeness (QED) is 0.933. The lowest BCUT2D eigenvalue weighted by Crippen LogP contribution is -2.57. The molecule has 0 radical (unpaired) electrons. The predicted molar refractivity (Wildman–Crippen MR) is 73.0 cm³/mol. The van der Waals surface area contributed by atoms with E-state index in [1.54, 1.807) is 0 Å². The minimum Gasteiger partial charge on any atom is -0.445 e. The minimum atomic E-state index is -2.99. The molecule has 0 aromatic heterocycles. The van der Waals surface area contributed by atoms with Gasteiger partial charge in [0.15, 0.2) is 0 Å². The summed E-state index contributed by atoms with van der Waals surface area (Å²) < 4.78 is 32.7. The van der Waals surface area contributed by atoms with Crippen molar-refractivity contribution in [1.29, 1.82) is 0 Å². The third kappa shape index (κ3) is 3.32. The number of ether oxygens (including phenoxy) is 1. The monoisotopic (exact) mass is 299 g/mol. The van der Waals surface area contributed by atoms with Crippen molar-refractivity contribution in [1.82, 2.24) is 4.90 Å². The van der Waals surface area contributed by atoms with Crippen LogP contribution in [0.1, 0.15) is 18.9 Å². The molecule has 1 aromatic rings. The van der Waals surface area contributed by atoms with Gasteiger partial charge in [0.05, 0.1) is 12.0 Å². The van der Waals surface area contributed by atoms with Crippen molar-refractivity contribution >= 4 is 6.09 Å². The Bertz CT molecular complexity index is 495. The first kappa shape index (κ1) is 15.7. The van der Waals surface area contributed by atoms with Gasteiger partial charge in [0.25, 0.3) is 5.92 Å². The number of likely N-dealkylation sites (tertiary alicyclic amines) is 1. The lowest BCUT2D eigenvalue weighted by atomic mass is 9.79. The zero-order valence-corrected chi connectivity index (χ0v) is 11.9. The normalized spacial score (nSPS) is 24.7. The number of alkyl halides is 2. The van der Waals surface area contributed by atoms with Crippen molar-refractivity contribution in [3.05, 3.63) is 35.9 Å². The summed E-state index contributed by atoms with van der Waals surface area (Å²) in [4.78, 5) is 13.2. The maximum Gasteiger partial charge on any atom is 0.410 e. The Kier molecular flexibility index (Phi) is 4.46. The molecule has 1 heterocycles. The molecule has 1 N–H and O–H groups in total. The third-order valence-electron chi connectivity index (χ3n) is 3.93. The second-order valence-electron chi connectivity index (χ2n) is 5.63. The average molecular weight is 299 g/mol. The maximum absolute atomic E-state index is 13.8. The molecule has 0 bridgehead atoms. The SMILES string of the molecule is CC1(CO)CN(C(=O)OCc2ccccc2)CCC1(F)F. The Labute approximate surface area is 122 Å². The fourth-order valence-corrected chi connectivity index (χ4v) is 2.33. The number of amides is 1. The zero-order chi connectivity index (χ0) is 15.5. The standard InChI is InChI=1S/C15H19F2NO3/c1-14(11-19)10-18(8-7-15(14,16)17)13(20)21-9-12-5-3-2-4-6-12/h2-6,19H,7-11H2,1H3. The fraction of sp³-hybridized carbons (Fsp3) is 0.533. The van der Waals surface area contributed by atoms with Crippen LogP contribution < -0.4 is 0 Å². The number of hydrogen-bond donors (Lipinski definition) is 1. The molecule has 2 rings (SSSR count). The van der Waals surface area contributed by atoms with Crippen molar-refractivity contribution < 1.29 is 23.4 Å². The van der Waals surface area contributed by atoms with Gasteiger partial charge in [-0.3, -0.25) is 0 Å². The van der Waals surface area contributed by atoms with Crippen LogP contribution >= 0.6 is 0 Å². The number of halogens is 2. The van der Waals surface area contributed by atoms with E-state index in [1.165, 1.54) is 11.8 Å². The first-order chi connectivity index (χ1) is 9.88. The molecule has 1 aliphatic rings. The van der Waals surface area contributed by atoms with E-state index in [9.17, 15) is 18.7 Å². The number of carbonyl (C=O) groups excluding carboxylic acids is 1. The van der Waals surface area contributed by atoms with Crippen LogP contribution in [0.2, 0.25) is 0 Å². The lowest BCUT2D eigenvalue weighted by molar-refractivity contribution is -0.170. The third-order valence-corrected chi connectivity index (χ3v) is 3.93. The Balaban J connectivity index is 1.95. The van der Waals surface area contributed by atoms with Crippen molar-refractivity contribution in [2.24, 2.45) is 5.41 Å². The highest BCUT2D eigenvalue weighted by Gasteiger charge is 2.54. The predicted octanol–water partition coefficient (Wildman–Crippen LogP) is 2.66. The molecule has 1 fully saturated rings. The highest BCUT2D eigenvalue weighted by molar-refractivity contribution is 5.68. The second-order valence-corrected chi connectivity index (χ2v) is 5.63. The maximum atomic E-state index is 13.8. The number of aliphatic hydroxyl groups is 1. The van der Waals surface area contributed by atoms with Gasteiger partial charge in [-0.25, -0.2) is 13.6 Å². The summed E-state index contributed by atoms with van der Waals surface area (Å²) in [6, 6.07) is 9.14. The fourth-order valence-electron chi connectivity index (χ4n) is 2.33. The van der Waals surface area contributed by atoms with E-state index in [-0.39, 0.29) is 19.7 Å². The molecule has 4 nitrogen and oxygen atoms in total. The molecule has 1 aromatic carbocycles. The number of piperidine rings is 1. The largest absolute Gasteiger partial charge is 0.445 e. The molecular weight excluding hydrogens is 280 g/mol. The van der Waals surface area contributed by atoms with Crippen LogP contribution in [0.5, 0.6) is 0 Å². The summed E-state index contributed by atoms with van der Waals surface area (Å²) in [6.45, 7) is 0.412. The highest BCUT2D eigenvalue weighted by atomic mass is 19.3. The van der Waals surface area contributed by atoms with Crippen LogP contribution in [-0.4, -0.2) is 41.7 Å². The number of aliphatic hydroxyl groups excluding tert-OH is 1. The van der Waals surface area contributed by atoms with Gasteiger partial charge in [-0.15, -0.1) is 0 Å². The van der Waals surface area contributed by atoms with Crippen molar-refractivity contribution in [2.45, 2.75) is 25.9 Å². The molecule has 1 unspecified atom stereocenters. The van der Waals surface area contributed by atoms with Gasteiger partial charge in [0, 0.05) is 19.5 Å². The van der Waals surface area contributed by atoms with E-state index in [0.29, 0.717) is 0 Å². The number of rotatable bonds is 3. The molecular formula is C15H19F2NO3. The van der Waals surface area contributed by atoms with E-state index in [2.05, 4.69) is 0 Å². The summed E-state index contributed by atoms with van der Waals surface area (Å²) in [7, 11) is 0. The number of nitrogens with zero attached hydrogens (tertiary/aromatic N) is 1. The Morgan fingerprint density at radius 1 is 1.38 bits per heavy atom. The summed E-state index contributed by atoms with van der Waals surface area (Å²) in [5, 5.41) is 9.23. The van der Waals surface area contributed by atoms with Crippen LogP contribution in [-0.2, 0) is 11.3 Å². The number of benzene rings is 1. The van der Waals surface area contributed by atoms with Gasteiger partial charge in [-0.1, -0.05) is 30.3 Å². The van der Waals surface area contributed by atoms with E-state index in [4.69, 9.17) is 4.74 Å². The molecule has 0 saturated carbocycles. The zero-order valence-electron chi connectivity index (χ0n) is 11.9. The van der Waals surface area contributed by atoms with Gasteiger partial charge in [-0.2, -0.15) is 0 Å². The first-order valence-electron chi connectivity index (χ1n) is 6.82. The molecule has 116 valence electrons. The summed E-state index contributed by atoms with van der Waals surface area (Å²) >= 11 is 0. The number of hydrogen-bond acceptors (Lipinski definition) is 3. The molecule has 1 amide bonds. The summed E-state index contributed by atoms with van der Waals surface area (Å²) in [5.41, 5.74) is -0.796. The minimum absolute atomic E-state index is 0.0732. The smallest absolute Gasteiger partial charge is 0.410 e. The van der Waals surface area contributed by atoms with Gasteiger partial charge in [-0.05, 0) is 12.5 Å². The molecule has 0 spiro atoms. The van der Waals surface area contributed by atoms with Crippen LogP contribution in [0.3, 0.4) is 0 Å². The van der Waals surface area contributed by atoms with E-state index in [1.807, 2.05) is 30.3 Å². The molecule has 6 heteroatoms. The molecule has 1 aliphatic heterocycles. The second kappa shape index (κ2) is 5.97. The van der Waals surface area contributed by atoms with Crippen LogP contribution in [0, 0.1) is 5.41 Å². The topological polar surface area (TPSA) is 49.8 Å². The van der Waals surface area contributed by atoms with Gasteiger partial charge in [0.2, 0.25) is 0 Å². The Morgan fingerprint density at radius 2 is 2.05 bits per heavy atom. The lowest BCUT2D eigenvalue weighted by Gasteiger charge is -2.44. The highest BCUT2D eigenvalue weighted by Crippen LogP contribution is 2.43. The first-order valence-corrected chi connectivity index (χ1v) is 6.82. The van der Waals surface area contributed by atoms with Crippen LogP contribution in [0.4, 0.5) is 13.6 Å². The van der Waals surface area contributed by atoms with Gasteiger partial charge in [0.1, 0.15) is 6.61 Å². The van der Waals surface area contributed by atoms with E-state index < -0.39 is 30.5 Å². The van der Waals surface area contributed by atoms with Crippen molar-refractivity contribution in [3.63, 3.8) is 0 Å². The summed E-state index contributed by atoms with van der Waals surface area (Å²) in [6.07, 6.45) is -1.10. The molecule has 1 atom stereocenters. The average Bonchev–Trinajstić information content (AvgIpc) is 2.48. The molecule has 21 heavy (non-hydrogen) atoms. The van der Waals surface area contributed by atoms with Crippen LogP contribution in [0.15, 0.2) is 30.3 Å². The van der Waals surface area contributed by atoms with Crippen molar-refractivity contribution in [2.75, 3.05) is 19.7 Å². The van der Waals surface area contributed by atoms with E-state index in [0.717, 1.165) is 5.56 Å². The molecule has 1 saturated heterocycles. The Hall–Kier alpha value is -1.69. The van der Waals surface area contributed by atoms with Crippen LogP contribution in [0.25, 0.3) is 0 Å². The van der Waals surface area contributed by atoms with E-state index >= 15 is 0 Å². The van der Waals surface area contributed by atoms with Gasteiger partial charge < -0.3 is 14.7 Å². The van der Waals surface area contributed by atoms with Crippen molar-refractivity contribution in [3.8, 4) is 0 Å². The summed E-state index contributed by atoms with van der Waals surface area (Å²) in [5.74, 6) is -2.99.